The Kier molecular flexibility index (Phi) is 5.88. The average Bonchev–Trinajstić information content (AvgIpc) is 3.28. The molecular formula is C20H18FN3O4S. The van der Waals surface area contributed by atoms with Crippen molar-refractivity contribution in [1.82, 2.24) is 10.2 Å². The Labute approximate surface area is 169 Å². The summed E-state index contributed by atoms with van der Waals surface area (Å²) in [5, 5.41) is 9.57. The first-order chi connectivity index (χ1) is 13.8. The Morgan fingerprint density at radius 1 is 1.24 bits per heavy atom. The van der Waals surface area contributed by atoms with Gasteiger partial charge in [-0.15, -0.1) is 11.3 Å². The maximum Gasteiger partial charge on any atom is 0.341 e. The van der Waals surface area contributed by atoms with Gasteiger partial charge in [-0.25, -0.2) is 9.18 Å². The van der Waals surface area contributed by atoms with Gasteiger partial charge in [-0.3, -0.25) is 14.7 Å². The minimum Gasteiger partial charge on any atom is -0.462 e. The zero-order valence-electron chi connectivity index (χ0n) is 16.0. The van der Waals surface area contributed by atoms with Crippen molar-refractivity contribution in [1.29, 1.82) is 0 Å². The van der Waals surface area contributed by atoms with E-state index in [1.807, 2.05) is 0 Å². The number of halogens is 1. The lowest BCUT2D eigenvalue weighted by atomic mass is 10.1. The highest BCUT2D eigenvalue weighted by molar-refractivity contribution is 7.18. The van der Waals surface area contributed by atoms with E-state index in [1.54, 1.807) is 26.0 Å². The number of ether oxygens (including phenoxy) is 1. The van der Waals surface area contributed by atoms with Crippen molar-refractivity contribution in [2.75, 3.05) is 11.9 Å². The molecule has 7 nitrogen and oxygen atoms in total. The van der Waals surface area contributed by atoms with Crippen molar-refractivity contribution < 1.29 is 23.5 Å². The van der Waals surface area contributed by atoms with E-state index in [4.69, 9.17) is 4.74 Å². The predicted octanol–water partition coefficient (Wildman–Crippen LogP) is 4.22. The number of carbonyl (C=O) groups is 3. The molecule has 9 heteroatoms. The summed E-state index contributed by atoms with van der Waals surface area (Å²) in [5.74, 6) is -1.73. The van der Waals surface area contributed by atoms with Gasteiger partial charge in [0.2, 0.25) is 0 Å². The molecule has 0 aliphatic rings. The van der Waals surface area contributed by atoms with Crippen molar-refractivity contribution in [3.8, 4) is 11.3 Å². The van der Waals surface area contributed by atoms with Crippen LogP contribution in [0.25, 0.3) is 11.3 Å². The summed E-state index contributed by atoms with van der Waals surface area (Å²) in [6.45, 7) is 4.87. The van der Waals surface area contributed by atoms with Crippen molar-refractivity contribution in [3.63, 3.8) is 0 Å². The predicted molar refractivity (Wildman–Crippen MR) is 107 cm³/mol. The van der Waals surface area contributed by atoms with Gasteiger partial charge in [-0.1, -0.05) is 0 Å². The summed E-state index contributed by atoms with van der Waals surface area (Å²) < 4.78 is 18.1. The second-order valence-corrected chi connectivity index (χ2v) is 7.19. The van der Waals surface area contributed by atoms with Gasteiger partial charge in [0.15, 0.2) is 5.78 Å². The fraction of sp³-hybridized carbons (Fsp3) is 0.200. The van der Waals surface area contributed by atoms with Gasteiger partial charge in [0.05, 0.1) is 22.7 Å². The van der Waals surface area contributed by atoms with Gasteiger partial charge in [0, 0.05) is 5.56 Å². The number of thiophene rings is 1. The summed E-state index contributed by atoms with van der Waals surface area (Å²) in [6.07, 6.45) is 0. The Balaban J connectivity index is 1.89. The first kappa shape index (κ1) is 20.4. The van der Waals surface area contributed by atoms with E-state index >= 15 is 0 Å². The number of anilines is 1. The average molecular weight is 415 g/mol. The lowest BCUT2D eigenvalue weighted by Crippen LogP contribution is -2.15. The van der Waals surface area contributed by atoms with E-state index in [0.29, 0.717) is 21.7 Å². The number of ketones is 1. The van der Waals surface area contributed by atoms with Crippen LogP contribution in [-0.2, 0) is 4.74 Å². The van der Waals surface area contributed by atoms with Crippen LogP contribution in [0.4, 0.5) is 9.39 Å². The van der Waals surface area contributed by atoms with E-state index in [1.165, 1.54) is 25.1 Å². The number of Topliss-reactive ketones (excluding diaryl/α,β-unsaturated/α-hetero) is 1. The molecule has 1 amide bonds. The smallest absolute Gasteiger partial charge is 0.341 e. The van der Waals surface area contributed by atoms with Crippen LogP contribution in [0.1, 0.15) is 49.9 Å². The number of amides is 1. The lowest BCUT2D eigenvalue weighted by Gasteiger charge is -2.06. The monoisotopic (exact) mass is 415 g/mol. The van der Waals surface area contributed by atoms with Gasteiger partial charge in [0.1, 0.15) is 16.5 Å². The molecule has 0 atom stereocenters. The third-order valence-corrected chi connectivity index (χ3v) is 5.44. The zero-order chi connectivity index (χ0) is 21.1. The number of rotatable bonds is 6. The first-order valence-electron chi connectivity index (χ1n) is 8.76. The molecule has 0 aliphatic heterocycles. The Morgan fingerprint density at radius 2 is 1.93 bits per heavy atom. The summed E-state index contributed by atoms with van der Waals surface area (Å²) in [5.41, 5.74) is 1.88. The summed E-state index contributed by atoms with van der Waals surface area (Å²) in [4.78, 5) is 37.2. The quantitative estimate of drug-likeness (QED) is 0.464. The van der Waals surface area contributed by atoms with Crippen LogP contribution in [0.3, 0.4) is 0 Å². The Morgan fingerprint density at radius 3 is 2.55 bits per heavy atom. The summed E-state index contributed by atoms with van der Waals surface area (Å²) in [7, 11) is 0. The number of benzene rings is 1. The second kappa shape index (κ2) is 8.36. The van der Waals surface area contributed by atoms with Crippen LogP contribution in [0.2, 0.25) is 0 Å². The molecule has 0 saturated heterocycles. The number of esters is 1. The number of hydrogen-bond donors (Lipinski definition) is 2. The molecule has 2 heterocycles. The molecule has 0 bridgehead atoms. The molecule has 0 radical (unpaired) electrons. The van der Waals surface area contributed by atoms with Crippen LogP contribution < -0.4 is 5.32 Å². The third kappa shape index (κ3) is 4.24. The molecule has 150 valence electrons. The molecule has 1 aromatic carbocycles. The van der Waals surface area contributed by atoms with E-state index in [-0.39, 0.29) is 34.5 Å². The third-order valence-electron chi connectivity index (χ3n) is 4.14. The highest BCUT2D eigenvalue weighted by atomic mass is 32.1. The Bertz CT molecular complexity index is 1090. The summed E-state index contributed by atoms with van der Waals surface area (Å²) in [6, 6.07) is 7.21. The van der Waals surface area contributed by atoms with E-state index in [2.05, 4.69) is 15.5 Å². The SMILES string of the molecule is CCOC(=O)c1c(NC(=O)c2cc(-c3ccc(F)cc3)n[nH]2)sc(C(C)=O)c1C. The highest BCUT2D eigenvalue weighted by Crippen LogP contribution is 2.34. The van der Waals surface area contributed by atoms with Crippen molar-refractivity contribution in [2.45, 2.75) is 20.8 Å². The fourth-order valence-corrected chi connectivity index (χ4v) is 3.85. The van der Waals surface area contributed by atoms with E-state index < -0.39 is 11.9 Å². The molecule has 0 aliphatic carbocycles. The minimum atomic E-state index is -0.610. The lowest BCUT2D eigenvalue weighted by molar-refractivity contribution is 0.0527. The number of aromatic amines is 1. The zero-order valence-corrected chi connectivity index (χ0v) is 16.8. The summed E-state index contributed by atoms with van der Waals surface area (Å²) >= 11 is 1.02. The topological polar surface area (TPSA) is 101 Å². The fourth-order valence-electron chi connectivity index (χ4n) is 2.76. The maximum atomic E-state index is 13.1. The molecule has 0 spiro atoms. The number of aromatic nitrogens is 2. The largest absolute Gasteiger partial charge is 0.462 e. The second-order valence-electron chi connectivity index (χ2n) is 6.16. The van der Waals surface area contributed by atoms with Gasteiger partial charge in [-0.05, 0) is 56.7 Å². The van der Waals surface area contributed by atoms with Gasteiger partial charge in [-0.2, -0.15) is 5.10 Å². The molecule has 0 saturated carbocycles. The number of carbonyl (C=O) groups excluding carboxylic acids is 3. The van der Waals surface area contributed by atoms with Crippen LogP contribution >= 0.6 is 11.3 Å². The molecule has 29 heavy (non-hydrogen) atoms. The molecule has 0 fully saturated rings. The van der Waals surface area contributed by atoms with Crippen molar-refractivity contribution in [3.05, 3.63) is 57.8 Å². The molecule has 0 unspecified atom stereocenters. The van der Waals surface area contributed by atoms with Crippen LogP contribution in [0.15, 0.2) is 30.3 Å². The molecule has 3 aromatic rings. The standard InChI is InChI=1S/C20H18FN3O4S/c1-4-28-20(27)16-10(2)17(11(3)25)29-19(16)22-18(26)15-9-14(23-24-15)12-5-7-13(21)8-6-12/h5-9H,4H2,1-3H3,(H,22,26)(H,23,24). The number of nitrogens with one attached hydrogen (secondary N) is 2. The molecular weight excluding hydrogens is 397 g/mol. The first-order valence-corrected chi connectivity index (χ1v) is 9.57. The number of nitrogens with zero attached hydrogens (tertiary/aromatic N) is 1. The van der Waals surface area contributed by atoms with Gasteiger partial charge in [0.25, 0.3) is 5.91 Å². The van der Waals surface area contributed by atoms with Gasteiger partial charge < -0.3 is 10.1 Å². The normalized spacial score (nSPS) is 10.6. The molecule has 3 rings (SSSR count). The van der Waals surface area contributed by atoms with E-state index in [0.717, 1.165) is 11.3 Å². The molecule has 2 aromatic heterocycles. The van der Waals surface area contributed by atoms with Crippen LogP contribution in [0, 0.1) is 12.7 Å². The van der Waals surface area contributed by atoms with Gasteiger partial charge >= 0.3 is 5.97 Å². The van der Waals surface area contributed by atoms with Crippen LogP contribution in [0.5, 0.6) is 0 Å². The number of H-pyrrole nitrogens is 1. The van der Waals surface area contributed by atoms with Crippen molar-refractivity contribution in [2.24, 2.45) is 0 Å². The molecule has 2 N–H and O–H groups in total. The number of hydrogen-bond acceptors (Lipinski definition) is 6. The maximum absolute atomic E-state index is 13.1. The highest BCUT2D eigenvalue weighted by Gasteiger charge is 2.26. The van der Waals surface area contributed by atoms with E-state index in [9.17, 15) is 18.8 Å². The van der Waals surface area contributed by atoms with Crippen molar-refractivity contribution >= 4 is 34.0 Å². The minimum absolute atomic E-state index is 0.148. The van der Waals surface area contributed by atoms with Crippen LogP contribution in [-0.4, -0.2) is 34.5 Å². The Hall–Kier alpha value is -3.33.